The maximum Gasteiger partial charge on any atom is 0.255 e. The van der Waals surface area contributed by atoms with Gasteiger partial charge in [0.25, 0.3) is 5.91 Å². The van der Waals surface area contributed by atoms with Gasteiger partial charge < -0.3 is 15.8 Å². The third-order valence-corrected chi connectivity index (χ3v) is 4.35. The van der Waals surface area contributed by atoms with Crippen LogP contribution in [0.3, 0.4) is 0 Å². The normalized spacial score (nSPS) is 17.0. The summed E-state index contributed by atoms with van der Waals surface area (Å²) in [5.74, 6) is 0.0913. The lowest BCUT2D eigenvalue weighted by Gasteiger charge is -2.23. The lowest BCUT2D eigenvalue weighted by molar-refractivity contribution is -0.120. The van der Waals surface area contributed by atoms with E-state index in [9.17, 15) is 9.59 Å². The smallest absolute Gasteiger partial charge is 0.255 e. The molecule has 1 aliphatic rings. The SMILES string of the molecule is NC(=O)COc1cccc([C@@H]2CC(=O)Nc3ccsc32)c1. The summed E-state index contributed by atoms with van der Waals surface area (Å²) in [6.45, 7) is -0.154. The first kappa shape index (κ1) is 13.6. The molecule has 108 valence electrons. The van der Waals surface area contributed by atoms with E-state index in [4.69, 9.17) is 10.5 Å². The van der Waals surface area contributed by atoms with Crippen molar-refractivity contribution in [1.29, 1.82) is 0 Å². The number of benzene rings is 1. The molecule has 0 aliphatic carbocycles. The second-order valence-electron chi connectivity index (χ2n) is 4.83. The minimum Gasteiger partial charge on any atom is -0.484 e. The average molecular weight is 302 g/mol. The van der Waals surface area contributed by atoms with Gasteiger partial charge in [-0.1, -0.05) is 12.1 Å². The molecule has 3 N–H and O–H groups in total. The number of hydrogen-bond acceptors (Lipinski definition) is 4. The van der Waals surface area contributed by atoms with Crippen molar-refractivity contribution < 1.29 is 14.3 Å². The summed E-state index contributed by atoms with van der Waals surface area (Å²) >= 11 is 1.62. The molecular formula is C15H14N2O3S. The molecule has 2 heterocycles. The molecule has 2 aromatic rings. The van der Waals surface area contributed by atoms with E-state index >= 15 is 0 Å². The number of nitrogens with one attached hydrogen (secondary N) is 1. The van der Waals surface area contributed by atoms with Crippen LogP contribution in [0.2, 0.25) is 0 Å². The van der Waals surface area contributed by atoms with E-state index in [0.717, 1.165) is 16.1 Å². The number of nitrogens with two attached hydrogens (primary N) is 1. The van der Waals surface area contributed by atoms with Gasteiger partial charge in [0.2, 0.25) is 5.91 Å². The fraction of sp³-hybridized carbons (Fsp3) is 0.200. The quantitative estimate of drug-likeness (QED) is 0.907. The number of carbonyl (C=O) groups excluding carboxylic acids is 2. The monoisotopic (exact) mass is 302 g/mol. The van der Waals surface area contributed by atoms with E-state index in [1.807, 2.05) is 29.6 Å². The Labute approximate surface area is 125 Å². The van der Waals surface area contributed by atoms with Gasteiger partial charge in [0.1, 0.15) is 5.75 Å². The van der Waals surface area contributed by atoms with E-state index in [2.05, 4.69) is 5.32 Å². The van der Waals surface area contributed by atoms with Crippen LogP contribution in [0.15, 0.2) is 35.7 Å². The van der Waals surface area contributed by atoms with Gasteiger partial charge in [-0.15, -0.1) is 11.3 Å². The molecule has 0 bridgehead atoms. The van der Waals surface area contributed by atoms with Crippen LogP contribution in [0, 0.1) is 0 Å². The van der Waals surface area contributed by atoms with E-state index in [1.165, 1.54) is 0 Å². The Bertz CT molecular complexity index is 696. The van der Waals surface area contributed by atoms with Crippen LogP contribution >= 0.6 is 11.3 Å². The van der Waals surface area contributed by atoms with E-state index in [-0.39, 0.29) is 18.4 Å². The predicted molar refractivity (Wildman–Crippen MR) is 80.5 cm³/mol. The lowest BCUT2D eigenvalue weighted by atomic mass is 9.90. The van der Waals surface area contributed by atoms with Crippen molar-refractivity contribution in [2.75, 3.05) is 11.9 Å². The number of fused-ring (bicyclic) bond motifs is 1. The van der Waals surface area contributed by atoms with Gasteiger partial charge in [-0.25, -0.2) is 0 Å². The molecule has 0 saturated carbocycles. The van der Waals surface area contributed by atoms with Crippen LogP contribution in [0.4, 0.5) is 5.69 Å². The maximum absolute atomic E-state index is 11.8. The highest BCUT2D eigenvalue weighted by molar-refractivity contribution is 7.10. The summed E-state index contributed by atoms with van der Waals surface area (Å²) in [5, 5.41) is 4.84. The third-order valence-electron chi connectivity index (χ3n) is 3.32. The number of rotatable bonds is 4. The largest absolute Gasteiger partial charge is 0.484 e. The molecular weight excluding hydrogens is 288 g/mol. The summed E-state index contributed by atoms with van der Waals surface area (Å²) in [7, 11) is 0. The summed E-state index contributed by atoms with van der Waals surface area (Å²) < 4.78 is 5.32. The molecule has 3 rings (SSSR count). The van der Waals surface area contributed by atoms with Gasteiger partial charge in [-0.3, -0.25) is 9.59 Å². The maximum atomic E-state index is 11.8. The standard InChI is InChI=1S/C15H14N2O3S/c16-13(18)8-20-10-3-1-2-9(6-10)11-7-14(19)17-12-4-5-21-15(11)12/h1-6,11H,7-8H2,(H2,16,18)(H,17,19)/t11-/m0/s1. The lowest BCUT2D eigenvalue weighted by Crippen LogP contribution is -2.22. The van der Waals surface area contributed by atoms with Crippen molar-refractivity contribution in [3.63, 3.8) is 0 Å². The van der Waals surface area contributed by atoms with Crippen molar-refractivity contribution in [2.24, 2.45) is 5.73 Å². The van der Waals surface area contributed by atoms with Gasteiger partial charge >= 0.3 is 0 Å². The first-order chi connectivity index (χ1) is 10.1. The first-order valence-electron chi connectivity index (χ1n) is 6.52. The molecule has 6 heteroatoms. The molecule has 1 aliphatic heterocycles. The molecule has 1 aromatic heterocycles. The van der Waals surface area contributed by atoms with Gasteiger partial charge in [-0.05, 0) is 29.1 Å². The molecule has 1 atom stereocenters. The molecule has 21 heavy (non-hydrogen) atoms. The summed E-state index contributed by atoms with van der Waals surface area (Å²) in [5.41, 5.74) is 6.95. The Hall–Kier alpha value is -2.34. The Morgan fingerprint density at radius 2 is 2.29 bits per heavy atom. The van der Waals surface area contributed by atoms with Crippen LogP contribution in [0.25, 0.3) is 0 Å². The van der Waals surface area contributed by atoms with Crippen LogP contribution in [0.5, 0.6) is 5.75 Å². The molecule has 0 spiro atoms. The van der Waals surface area contributed by atoms with Crippen molar-refractivity contribution >= 4 is 28.8 Å². The van der Waals surface area contributed by atoms with Gasteiger partial charge in [-0.2, -0.15) is 0 Å². The average Bonchev–Trinajstić information content (AvgIpc) is 2.92. The van der Waals surface area contributed by atoms with E-state index in [1.54, 1.807) is 17.4 Å². The summed E-state index contributed by atoms with van der Waals surface area (Å²) in [6.07, 6.45) is 0.410. The molecule has 0 fully saturated rings. The van der Waals surface area contributed by atoms with Crippen LogP contribution < -0.4 is 15.8 Å². The molecule has 0 saturated heterocycles. The van der Waals surface area contributed by atoms with Gasteiger partial charge in [0.05, 0.1) is 5.69 Å². The number of hydrogen-bond donors (Lipinski definition) is 2. The third kappa shape index (κ3) is 2.90. The molecule has 1 aromatic carbocycles. The topological polar surface area (TPSA) is 81.4 Å². The fourth-order valence-corrected chi connectivity index (χ4v) is 3.40. The fourth-order valence-electron chi connectivity index (χ4n) is 2.42. The first-order valence-corrected chi connectivity index (χ1v) is 7.40. The zero-order chi connectivity index (χ0) is 14.8. The van der Waals surface area contributed by atoms with Gasteiger partial charge in [0.15, 0.2) is 6.61 Å². The number of carbonyl (C=O) groups is 2. The molecule has 0 radical (unpaired) electrons. The minimum atomic E-state index is -0.516. The minimum absolute atomic E-state index is 0.00866. The van der Waals surface area contributed by atoms with Crippen LogP contribution in [-0.2, 0) is 9.59 Å². The zero-order valence-corrected chi connectivity index (χ0v) is 12.0. The Kier molecular flexibility index (Phi) is 3.62. The number of amides is 2. The van der Waals surface area contributed by atoms with E-state index < -0.39 is 5.91 Å². The second-order valence-corrected chi connectivity index (χ2v) is 5.78. The molecule has 5 nitrogen and oxygen atoms in total. The highest BCUT2D eigenvalue weighted by atomic mass is 32.1. The van der Waals surface area contributed by atoms with Crippen molar-refractivity contribution in [2.45, 2.75) is 12.3 Å². The Balaban J connectivity index is 1.89. The zero-order valence-electron chi connectivity index (χ0n) is 11.2. The Morgan fingerprint density at radius 3 is 3.10 bits per heavy atom. The highest BCUT2D eigenvalue weighted by Crippen LogP contribution is 2.41. The number of anilines is 1. The van der Waals surface area contributed by atoms with Crippen LogP contribution in [-0.4, -0.2) is 18.4 Å². The van der Waals surface area contributed by atoms with Crippen molar-refractivity contribution in [3.8, 4) is 5.75 Å². The Morgan fingerprint density at radius 1 is 1.43 bits per heavy atom. The highest BCUT2D eigenvalue weighted by Gasteiger charge is 2.27. The second kappa shape index (κ2) is 5.57. The van der Waals surface area contributed by atoms with Crippen molar-refractivity contribution in [1.82, 2.24) is 0 Å². The number of primary amides is 1. The number of ether oxygens (including phenoxy) is 1. The molecule has 0 unspecified atom stereocenters. The summed E-state index contributed by atoms with van der Waals surface area (Å²) in [6, 6.07) is 9.35. The number of thiophene rings is 1. The predicted octanol–water partition coefficient (Wildman–Crippen LogP) is 2.09. The van der Waals surface area contributed by atoms with Crippen molar-refractivity contribution in [3.05, 3.63) is 46.2 Å². The van der Waals surface area contributed by atoms with Gasteiger partial charge in [0, 0.05) is 17.2 Å². The van der Waals surface area contributed by atoms with Crippen LogP contribution in [0.1, 0.15) is 22.8 Å². The summed E-state index contributed by atoms with van der Waals surface area (Å²) in [4.78, 5) is 23.7. The van der Waals surface area contributed by atoms with E-state index in [0.29, 0.717) is 12.2 Å². The molecule has 2 amide bonds.